The third kappa shape index (κ3) is 4.06. The molecule has 0 amide bonds. The van der Waals surface area contributed by atoms with Gasteiger partial charge in [0.1, 0.15) is 11.5 Å². The molecule has 2 heteroatoms. The van der Waals surface area contributed by atoms with Crippen molar-refractivity contribution in [1.29, 1.82) is 0 Å². The van der Waals surface area contributed by atoms with Crippen LogP contribution in [0.25, 0.3) is 22.3 Å². The fourth-order valence-electron chi connectivity index (χ4n) is 3.49. The van der Waals surface area contributed by atoms with Crippen molar-refractivity contribution >= 4 is 0 Å². The molecule has 0 aliphatic heterocycles. The molecule has 0 aromatic heterocycles. The molecule has 28 heavy (non-hydrogen) atoms. The number of benzene rings is 3. The second-order valence-corrected chi connectivity index (χ2v) is 9.54. The van der Waals surface area contributed by atoms with E-state index in [-0.39, 0.29) is 10.8 Å². The Kier molecular flexibility index (Phi) is 5.01. The standard InChI is InChI=1S/C26H30O2/c1-25(2,3)21-15-19(11-13-23(21)27)17-7-9-18(10-8-17)20-12-14-24(28)22(16-20)26(4,5)6/h7-16,27-28H,1-6H3. The highest BCUT2D eigenvalue weighted by atomic mass is 16.3. The first-order valence-electron chi connectivity index (χ1n) is 9.74. The number of rotatable bonds is 2. The Morgan fingerprint density at radius 1 is 0.464 bits per heavy atom. The highest BCUT2D eigenvalue weighted by Gasteiger charge is 2.20. The summed E-state index contributed by atoms with van der Waals surface area (Å²) in [4.78, 5) is 0. The smallest absolute Gasteiger partial charge is 0.119 e. The van der Waals surface area contributed by atoms with Crippen molar-refractivity contribution in [3.8, 4) is 33.8 Å². The summed E-state index contributed by atoms with van der Waals surface area (Å²) in [5, 5.41) is 20.4. The minimum atomic E-state index is -0.116. The lowest BCUT2D eigenvalue weighted by molar-refractivity contribution is 0.446. The largest absolute Gasteiger partial charge is 0.508 e. The summed E-state index contributed by atoms with van der Waals surface area (Å²) < 4.78 is 0. The maximum Gasteiger partial charge on any atom is 0.119 e. The summed E-state index contributed by atoms with van der Waals surface area (Å²) >= 11 is 0. The molecule has 3 aromatic carbocycles. The molecule has 2 nitrogen and oxygen atoms in total. The monoisotopic (exact) mass is 374 g/mol. The van der Waals surface area contributed by atoms with E-state index in [1.165, 1.54) is 0 Å². The van der Waals surface area contributed by atoms with Crippen LogP contribution in [-0.4, -0.2) is 10.2 Å². The molecular weight excluding hydrogens is 344 g/mol. The molecule has 0 bridgehead atoms. The van der Waals surface area contributed by atoms with Gasteiger partial charge in [-0.05, 0) is 68.5 Å². The van der Waals surface area contributed by atoms with Gasteiger partial charge in [0.15, 0.2) is 0 Å². The lowest BCUT2D eigenvalue weighted by Crippen LogP contribution is -2.11. The molecule has 0 radical (unpaired) electrons. The van der Waals surface area contributed by atoms with E-state index in [4.69, 9.17) is 0 Å². The molecule has 146 valence electrons. The number of hydrogen-bond donors (Lipinski definition) is 2. The van der Waals surface area contributed by atoms with Crippen LogP contribution in [0.1, 0.15) is 52.7 Å². The van der Waals surface area contributed by atoms with Crippen LogP contribution in [0.15, 0.2) is 60.7 Å². The second-order valence-electron chi connectivity index (χ2n) is 9.54. The Morgan fingerprint density at radius 2 is 0.750 bits per heavy atom. The summed E-state index contributed by atoms with van der Waals surface area (Å²) in [7, 11) is 0. The van der Waals surface area contributed by atoms with Gasteiger partial charge >= 0.3 is 0 Å². The van der Waals surface area contributed by atoms with E-state index in [0.29, 0.717) is 11.5 Å². The van der Waals surface area contributed by atoms with Gasteiger partial charge in [-0.15, -0.1) is 0 Å². The fraction of sp³-hybridized carbons (Fsp3) is 0.308. The fourth-order valence-corrected chi connectivity index (χ4v) is 3.49. The predicted octanol–water partition coefficient (Wildman–Crippen LogP) is 7.03. The Morgan fingerprint density at radius 3 is 1.04 bits per heavy atom. The zero-order valence-electron chi connectivity index (χ0n) is 17.7. The lowest BCUT2D eigenvalue weighted by Gasteiger charge is -2.22. The van der Waals surface area contributed by atoms with Gasteiger partial charge in [-0.2, -0.15) is 0 Å². The highest BCUT2D eigenvalue weighted by Crippen LogP contribution is 2.36. The van der Waals surface area contributed by atoms with Gasteiger partial charge in [0.25, 0.3) is 0 Å². The van der Waals surface area contributed by atoms with Crippen LogP contribution in [0.4, 0.5) is 0 Å². The van der Waals surface area contributed by atoms with Gasteiger partial charge in [-0.3, -0.25) is 0 Å². The molecule has 2 N–H and O–H groups in total. The van der Waals surface area contributed by atoms with Crippen molar-refractivity contribution in [2.75, 3.05) is 0 Å². The number of hydrogen-bond acceptors (Lipinski definition) is 2. The first kappa shape index (κ1) is 20.0. The minimum absolute atomic E-state index is 0.116. The quantitative estimate of drug-likeness (QED) is 0.505. The van der Waals surface area contributed by atoms with E-state index in [1.807, 2.05) is 12.1 Å². The van der Waals surface area contributed by atoms with Crippen LogP contribution in [0.3, 0.4) is 0 Å². The van der Waals surface area contributed by atoms with Crippen LogP contribution in [0.2, 0.25) is 0 Å². The van der Waals surface area contributed by atoms with Crippen molar-refractivity contribution in [2.45, 2.75) is 52.4 Å². The topological polar surface area (TPSA) is 40.5 Å². The van der Waals surface area contributed by atoms with Gasteiger partial charge in [-0.25, -0.2) is 0 Å². The Bertz CT molecular complexity index is 902. The van der Waals surface area contributed by atoms with Crippen molar-refractivity contribution in [2.24, 2.45) is 0 Å². The van der Waals surface area contributed by atoms with E-state index in [1.54, 1.807) is 12.1 Å². The van der Waals surface area contributed by atoms with Gasteiger partial charge in [0.2, 0.25) is 0 Å². The number of phenols is 2. The van der Waals surface area contributed by atoms with Crippen LogP contribution in [-0.2, 0) is 10.8 Å². The SMILES string of the molecule is CC(C)(C)c1cc(-c2ccc(-c3ccc(O)c(C(C)(C)C)c3)cc2)ccc1O. The predicted molar refractivity (Wildman–Crippen MR) is 118 cm³/mol. The molecule has 3 rings (SSSR count). The maximum atomic E-state index is 10.2. The molecule has 0 spiro atoms. The lowest BCUT2D eigenvalue weighted by atomic mass is 9.84. The zero-order valence-corrected chi connectivity index (χ0v) is 17.7. The Hall–Kier alpha value is -2.74. The zero-order chi connectivity index (χ0) is 20.7. The Labute approximate surface area is 168 Å². The summed E-state index contributed by atoms with van der Waals surface area (Å²) in [6.45, 7) is 12.6. The summed E-state index contributed by atoms with van der Waals surface area (Å²) in [6.07, 6.45) is 0. The molecule has 0 fully saturated rings. The third-order valence-electron chi connectivity index (χ3n) is 5.16. The van der Waals surface area contributed by atoms with Crippen molar-refractivity contribution < 1.29 is 10.2 Å². The molecule has 0 saturated carbocycles. The Balaban J connectivity index is 1.97. The molecule has 0 heterocycles. The molecule has 0 saturated heterocycles. The second kappa shape index (κ2) is 7.01. The molecule has 0 unspecified atom stereocenters. The van der Waals surface area contributed by atoms with Crippen LogP contribution >= 0.6 is 0 Å². The van der Waals surface area contributed by atoms with Gasteiger partial charge in [0.05, 0.1) is 0 Å². The van der Waals surface area contributed by atoms with Crippen LogP contribution < -0.4 is 0 Å². The normalized spacial score (nSPS) is 12.2. The molecule has 0 aliphatic rings. The van der Waals surface area contributed by atoms with Gasteiger partial charge in [-0.1, -0.05) is 77.9 Å². The minimum Gasteiger partial charge on any atom is -0.508 e. The van der Waals surface area contributed by atoms with Crippen LogP contribution in [0, 0.1) is 0 Å². The molecule has 0 atom stereocenters. The van der Waals surface area contributed by atoms with E-state index in [2.05, 4.69) is 77.9 Å². The maximum absolute atomic E-state index is 10.2. The van der Waals surface area contributed by atoms with E-state index >= 15 is 0 Å². The molecule has 0 aliphatic carbocycles. The van der Waals surface area contributed by atoms with E-state index < -0.39 is 0 Å². The van der Waals surface area contributed by atoms with Crippen molar-refractivity contribution in [3.05, 3.63) is 71.8 Å². The van der Waals surface area contributed by atoms with E-state index in [0.717, 1.165) is 33.4 Å². The average Bonchev–Trinajstić information content (AvgIpc) is 2.61. The highest BCUT2D eigenvalue weighted by molar-refractivity contribution is 5.72. The van der Waals surface area contributed by atoms with Crippen LogP contribution in [0.5, 0.6) is 11.5 Å². The van der Waals surface area contributed by atoms with Crippen molar-refractivity contribution in [1.82, 2.24) is 0 Å². The number of phenolic OH excluding ortho intramolecular Hbond substituents is 2. The molecular formula is C26H30O2. The first-order chi connectivity index (χ1) is 13.0. The molecule has 3 aromatic rings. The third-order valence-corrected chi connectivity index (χ3v) is 5.16. The first-order valence-corrected chi connectivity index (χ1v) is 9.74. The number of aromatic hydroxyl groups is 2. The summed E-state index contributed by atoms with van der Waals surface area (Å²) in [6, 6.07) is 20.0. The summed E-state index contributed by atoms with van der Waals surface area (Å²) in [5.41, 5.74) is 6.08. The van der Waals surface area contributed by atoms with E-state index in [9.17, 15) is 10.2 Å². The summed E-state index contributed by atoms with van der Waals surface area (Å²) in [5.74, 6) is 0.679. The average molecular weight is 375 g/mol. The van der Waals surface area contributed by atoms with Gasteiger partial charge in [0, 0.05) is 0 Å². The van der Waals surface area contributed by atoms with Gasteiger partial charge < -0.3 is 10.2 Å². The van der Waals surface area contributed by atoms with Crippen molar-refractivity contribution in [3.63, 3.8) is 0 Å².